The molecule has 28 heavy (non-hydrogen) atoms. The summed E-state index contributed by atoms with van der Waals surface area (Å²) in [6.45, 7) is 0.740. The Bertz CT molecular complexity index is 903. The van der Waals surface area contributed by atoms with Crippen LogP contribution in [0.3, 0.4) is 0 Å². The SMILES string of the molecule is CS(=O)(=O)N1CC[C@H](C(=O)NCCSCc2ccccc2)Oc2ccccc21. The molecule has 0 saturated carbocycles. The van der Waals surface area contributed by atoms with Crippen molar-refractivity contribution in [1.29, 1.82) is 0 Å². The second-order valence-corrected chi connectivity index (χ2v) is 9.54. The van der Waals surface area contributed by atoms with Crippen molar-refractivity contribution in [2.24, 2.45) is 0 Å². The zero-order valence-corrected chi connectivity index (χ0v) is 17.3. The molecule has 0 spiro atoms. The number of carbonyl (C=O) groups excluding carboxylic acids is 1. The van der Waals surface area contributed by atoms with Gasteiger partial charge < -0.3 is 10.1 Å². The molecule has 8 heteroatoms. The number of benzene rings is 2. The van der Waals surface area contributed by atoms with Crippen molar-refractivity contribution in [2.75, 3.05) is 29.4 Å². The van der Waals surface area contributed by atoms with E-state index in [2.05, 4.69) is 17.4 Å². The number of anilines is 1. The van der Waals surface area contributed by atoms with Crippen molar-refractivity contribution in [3.63, 3.8) is 0 Å². The molecule has 2 aromatic rings. The lowest BCUT2D eigenvalue weighted by atomic mass is 10.2. The topological polar surface area (TPSA) is 75.7 Å². The second kappa shape index (κ2) is 9.34. The van der Waals surface area contributed by atoms with Gasteiger partial charge in [-0.25, -0.2) is 8.42 Å². The van der Waals surface area contributed by atoms with Crippen LogP contribution in [0.15, 0.2) is 54.6 Å². The predicted molar refractivity (Wildman–Crippen MR) is 113 cm³/mol. The van der Waals surface area contributed by atoms with Crippen LogP contribution in [0.1, 0.15) is 12.0 Å². The smallest absolute Gasteiger partial charge is 0.261 e. The maximum atomic E-state index is 12.5. The van der Waals surface area contributed by atoms with E-state index in [-0.39, 0.29) is 12.5 Å². The summed E-state index contributed by atoms with van der Waals surface area (Å²) in [5, 5.41) is 2.90. The van der Waals surface area contributed by atoms with E-state index >= 15 is 0 Å². The molecular formula is C20H24N2O4S2. The minimum Gasteiger partial charge on any atom is -0.478 e. The highest BCUT2D eigenvalue weighted by molar-refractivity contribution is 7.98. The number of thioether (sulfide) groups is 1. The fraction of sp³-hybridized carbons (Fsp3) is 0.350. The number of hydrogen-bond acceptors (Lipinski definition) is 5. The Labute approximate surface area is 170 Å². The number of nitrogens with one attached hydrogen (secondary N) is 1. The van der Waals surface area contributed by atoms with Gasteiger partial charge in [-0.3, -0.25) is 9.10 Å². The summed E-state index contributed by atoms with van der Waals surface area (Å²) < 4.78 is 31.4. The largest absolute Gasteiger partial charge is 0.478 e. The summed E-state index contributed by atoms with van der Waals surface area (Å²) >= 11 is 1.75. The summed E-state index contributed by atoms with van der Waals surface area (Å²) in [4.78, 5) is 12.5. The van der Waals surface area contributed by atoms with Crippen LogP contribution in [0.4, 0.5) is 5.69 Å². The van der Waals surface area contributed by atoms with Gasteiger partial charge in [-0.1, -0.05) is 42.5 Å². The van der Waals surface area contributed by atoms with Gasteiger partial charge in [0.1, 0.15) is 5.75 Å². The highest BCUT2D eigenvalue weighted by atomic mass is 32.2. The summed E-state index contributed by atoms with van der Waals surface area (Å²) in [6.07, 6.45) is 0.742. The van der Waals surface area contributed by atoms with E-state index in [4.69, 9.17) is 4.74 Å². The Morgan fingerprint density at radius 2 is 1.89 bits per heavy atom. The van der Waals surface area contributed by atoms with Gasteiger partial charge in [0.2, 0.25) is 10.0 Å². The molecule has 150 valence electrons. The molecule has 1 N–H and O–H groups in total. The maximum Gasteiger partial charge on any atom is 0.261 e. The number of fused-ring (bicyclic) bond motifs is 1. The van der Waals surface area contributed by atoms with Crippen LogP contribution >= 0.6 is 11.8 Å². The van der Waals surface area contributed by atoms with E-state index in [0.717, 1.165) is 17.8 Å². The molecule has 0 aromatic heterocycles. The van der Waals surface area contributed by atoms with Crippen LogP contribution in [-0.2, 0) is 20.6 Å². The summed E-state index contributed by atoms with van der Waals surface area (Å²) in [7, 11) is -3.44. The molecule has 0 bridgehead atoms. The van der Waals surface area contributed by atoms with Crippen LogP contribution in [0.2, 0.25) is 0 Å². The molecule has 2 aromatic carbocycles. The number of sulfonamides is 1. The number of para-hydroxylation sites is 2. The molecule has 0 fully saturated rings. The minimum absolute atomic E-state index is 0.205. The highest BCUT2D eigenvalue weighted by Gasteiger charge is 2.30. The molecule has 0 saturated heterocycles. The number of amides is 1. The highest BCUT2D eigenvalue weighted by Crippen LogP contribution is 2.33. The number of nitrogens with zero attached hydrogens (tertiary/aromatic N) is 1. The average Bonchev–Trinajstić information content (AvgIpc) is 2.88. The first-order chi connectivity index (χ1) is 13.4. The van der Waals surface area contributed by atoms with Gasteiger partial charge >= 0.3 is 0 Å². The molecule has 1 heterocycles. The van der Waals surface area contributed by atoms with Crippen LogP contribution in [0.25, 0.3) is 0 Å². The zero-order valence-electron chi connectivity index (χ0n) is 15.7. The Hall–Kier alpha value is -2.19. The van der Waals surface area contributed by atoms with Crippen LogP contribution in [-0.4, -0.2) is 45.5 Å². The molecule has 1 amide bonds. The molecule has 0 aliphatic carbocycles. The molecule has 1 aliphatic rings. The fourth-order valence-corrected chi connectivity index (χ4v) is 4.75. The van der Waals surface area contributed by atoms with E-state index in [0.29, 0.717) is 24.4 Å². The van der Waals surface area contributed by atoms with Crippen LogP contribution in [0, 0.1) is 0 Å². The molecule has 3 rings (SSSR count). The summed E-state index contributed by atoms with van der Waals surface area (Å²) in [6, 6.07) is 17.1. The number of rotatable bonds is 7. The van der Waals surface area contributed by atoms with Crippen molar-refractivity contribution < 1.29 is 17.9 Å². The van der Waals surface area contributed by atoms with Gasteiger partial charge in [0.05, 0.1) is 11.9 Å². The third-order valence-electron chi connectivity index (χ3n) is 4.35. The first-order valence-electron chi connectivity index (χ1n) is 9.08. The zero-order chi connectivity index (χ0) is 20.0. The first-order valence-corrected chi connectivity index (χ1v) is 12.1. The second-order valence-electron chi connectivity index (χ2n) is 6.53. The third-order valence-corrected chi connectivity index (χ3v) is 6.56. The van der Waals surface area contributed by atoms with E-state index in [1.54, 1.807) is 36.0 Å². The van der Waals surface area contributed by atoms with Crippen molar-refractivity contribution in [3.05, 3.63) is 60.2 Å². The van der Waals surface area contributed by atoms with Gasteiger partial charge in [-0.15, -0.1) is 0 Å². The normalized spacial score (nSPS) is 16.6. The quantitative estimate of drug-likeness (QED) is 0.697. The lowest BCUT2D eigenvalue weighted by Gasteiger charge is -2.20. The molecule has 6 nitrogen and oxygen atoms in total. The summed E-state index contributed by atoms with van der Waals surface area (Å²) in [5.41, 5.74) is 1.72. The van der Waals surface area contributed by atoms with Crippen LogP contribution in [0.5, 0.6) is 5.75 Å². The van der Waals surface area contributed by atoms with Gasteiger partial charge in [0.15, 0.2) is 6.10 Å². The lowest BCUT2D eigenvalue weighted by molar-refractivity contribution is -0.127. The number of ether oxygens (including phenoxy) is 1. The molecule has 0 unspecified atom stereocenters. The standard InChI is InChI=1S/C20H24N2O4S2/c1-28(24,25)22-13-11-19(26-18-10-6-5-9-17(18)22)20(23)21-12-14-27-15-16-7-3-2-4-8-16/h2-10,19H,11-15H2,1H3,(H,21,23)/t19-/m1/s1. The van der Waals surface area contributed by atoms with E-state index in [1.807, 2.05) is 18.2 Å². The van der Waals surface area contributed by atoms with Gasteiger partial charge in [0, 0.05) is 31.0 Å². The predicted octanol–water partition coefficient (Wildman–Crippen LogP) is 2.65. The van der Waals surface area contributed by atoms with Crippen molar-refractivity contribution in [1.82, 2.24) is 5.32 Å². The van der Waals surface area contributed by atoms with Crippen molar-refractivity contribution in [3.8, 4) is 5.75 Å². The molecule has 1 aliphatic heterocycles. The average molecular weight is 421 g/mol. The Morgan fingerprint density at radius 3 is 2.64 bits per heavy atom. The number of hydrogen-bond donors (Lipinski definition) is 1. The number of carbonyl (C=O) groups is 1. The maximum absolute atomic E-state index is 12.5. The van der Waals surface area contributed by atoms with Crippen molar-refractivity contribution in [2.45, 2.75) is 18.3 Å². The monoisotopic (exact) mass is 420 g/mol. The Balaban J connectivity index is 1.53. The first kappa shape index (κ1) is 20.5. The minimum atomic E-state index is -3.44. The van der Waals surface area contributed by atoms with Crippen LogP contribution < -0.4 is 14.4 Å². The van der Waals surface area contributed by atoms with Gasteiger partial charge in [-0.2, -0.15) is 11.8 Å². The lowest BCUT2D eigenvalue weighted by Crippen LogP contribution is -2.40. The summed E-state index contributed by atoms with van der Waals surface area (Å²) in [5.74, 6) is 1.88. The Kier molecular flexibility index (Phi) is 6.85. The van der Waals surface area contributed by atoms with E-state index in [1.165, 1.54) is 9.87 Å². The molecule has 1 atom stereocenters. The Morgan fingerprint density at radius 1 is 1.18 bits per heavy atom. The van der Waals surface area contributed by atoms with E-state index in [9.17, 15) is 13.2 Å². The van der Waals surface area contributed by atoms with E-state index < -0.39 is 16.1 Å². The third kappa shape index (κ3) is 5.42. The van der Waals surface area contributed by atoms with Gasteiger partial charge in [0.25, 0.3) is 5.91 Å². The van der Waals surface area contributed by atoms with Crippen molar-refractivity contribution >= 4 is 33.4 Å². The fourth-order valence-electron chi connectivity index (χ4n) is 2.98. The van der Waals surface area contributed by atoms with Gasteiger partial charge in [-0.05, 0) is 17.7 Å². The molecule has 0 radical (unpaired) electrons. The molecular weight excluding hydrogens is 396 g/mol.